The molecule has 0 atom stereocenters. The van der Waals surface area contributed by atoms with Crippen LogP contribution in [0.1, 0.15) is 35.4 Å². The largest absolute Gasteiger partial charge is 0.446 e. The Kier molecular flexibility index (Phi) is 7.35. The highest BCUT2D eigenvalue weighted by Crippen LogP contribution is 2.24. The van der Waals surface area contributed by atoms with Gasteiger partial charge in [0.1, 0.15) is 6.10 Å². The summed E-state index contributed by atoms with van der Waals surface area (Å²) < 4.78 is 5.74. The monoisotopic (exact) mass is 414 g/mol. The van der Waals surface area contributed by atoms with Gasteiger partial charge in [-0.1, -0.05) is 91.0 Å². The summed E-state index contributed by atoms with van der Waals surface area (Å²) >= 11 is 0. The van der Waals surface area contributed by atoms with E-state index in [1.807, 2.05) is 42.5 Å². The Bertz CT molecular complexity index is 884. The molecule has 3 aromatic carbocycles. The molecule has 1 heterocycles. The van der Waals surface area contributed by atoms with E-state index in [4.69, 9.17) is 4.74 Å². The number of likely N-dealkylation sites (tertiary alicyclic amines) is 1. The summed E-state index contributed by atoms with van der Waals surface area (Å²) in [6, 6.07) is 31.1. The second-order valence-corrected chi connectivity index (χ2v) is 8.12. The zero-order valence-electron chi connectivity index (χ0n) is 17.8. The molecule has 3 aromatic rings. The lowest BCUT2D eigenvalue weighted by atomic mass is 9.91. The van der Waals surface area contributed by atoms with Gasteiger partial charge < -0.3 is 10.1 Å². The van der Waals surface area contributed by atoms with Gasteiger partial charge in [-0.05, 0) is 29.5 Å². The number of carbonyl (C=O) groups excluding carboxylic acids is 1. The smallest absolute Gasteiger partial charge is 0.407 e. The highest BCUT2D eigenvalue weighted by Gasteiger charge is 2.23. The predicted octanol–water partition coefficient (Wildman–Crippen LogP) is 5.21. The maximum absolute atomic E-state index is 12.5. The minimum atomic E-state index is -0.321. The molecule has 1 aliphatic heterocycles. The summed E-state index contributed by atoms with van der Waals surface area (Å²) in [6.45, 7) is 3.36. The second kappa shape index (κ2) is 10.8. The van der Waals surface area contributed by atoms with Crippen LogP contribution in [0, 0.1) is 0 Å². The van der Waals surface area contributed by atoms with Crippen LogP contribution in [0.3, 0.4) is 0 Å². The molecule has 0 spiro atoms. The zero-order valence-corrected chi connectivity index (χ0v) is 17.8. The van der Waals surface area contributed by atoms with E-state index < -0.39 is 0 Å². The summed E-state index contributed by atoms with van der Waals surface area (Å²) in [4.78, 5) is 14.9. The van der Waals surface area contributed by atoms with Crippen LogP contribution >= 0.6 is 0 Å². The van der Waals surface area contributed by atoms with E-state index in [0.717, 1.165) is 32.5 Å². The number of nitrogens with one attached hydrogen (secondary N) is 1. The molecule has 0 bridgehead atoms. The van der Waals surface area contributed by atoms with Crippen LogP contribution in [0.15, 0.2) is 91.0 Å². The summed E-state index contributed by atoms with van der Waals surface area (Å²) in [5.41, 5.74) is 3.69. The molecule has 1 saturated heterocycles. The van der Waals surface area contributed by atoms with Gasteiger partial charge in [0.25, 0.3) is 0 Å². The number of hydrogen-bond acceptors (Lipinski definition) is 3. The highest BCUT2D eigenvalue weighted by atomic mass is 16.6. The van der Waals surface area contributed by atoms with Crippen LogP contribution in [0.25, 0.3) is 0 Å². The number of hydrogen-bond donors (Lipinski definition) is 1. The van der Waals surface area contributed by atoms with Crippen LogP contribution < -0.4 is 5.32 Å². The fourth-order valence-electron chi connectivity index (χ4n) is 4.20. The Hall–Kier alpha value is -3.11. The molecular weight excluding hydrogens is 384 g/mol. The Morgan fingerprint density at radius 2 is 1.35 bits per heavy atom. The number of nitrogens with zero attached hydrogens (tertiary/aromatic N) is 1. The first-order chi connectivity index (χ1) is 15.3. The van der Waals surface area contributed by atoms with Crippen molar-refractivity contribution < 1.29 is 9.53 Å². The normalized spacial score (nSPS) is 15.0. The van der Waals surface area contributed by atoms with Crippen molar-refractivity contribution in [2.75, 3.05) is 19.6 Å². The molecule has 4 heteroatoms. The average Bonchev–Trinajstić information content (AvgIpc) is 2.83. The molecule has 1 aliphatic rings. The van der Waals surface area contributed by atoms with Crippen molar-refractivity contribution in [3.8, 4) is 0 Å². The highest BCUT2D eigenvalue weighted by molar-refractivity contribution is 5.67. The first-order valence-electron chi connectivity index (χ1n) is 11.1. The third-order valence-corrected chi connectivity index (χ3v) is 5.91. The first kappa shape index (κ1) is 21.1. The topological polar surface area (TPSA) is 41.6 Å². The molecule has 1 N–H and O–H groups in total. The summed E-state index contributed by atoms with van der Waals surface area (Å²) in [6.07, 6.45) is 1.42. The average molecular weight is 415 g/mol. The lowest BCUT2D eigenvalue weighted by Gasteiger charge is -2.31. The van der Waals surface area contributed by atoms with E-state index in [1.54, 1.807) is 0 Å². The van der Waals surface area contributed by atoms with E-state index in [-0.39, 0.29) is 18.1 Å². The quantitative estimate of drug-likeness (QED) is 0.577. The molecule has 31 heavy (non-hydrogen) atoms. The SMILES string of the molecule is O=C(NCC(c1ccccc1)c1ccccc1)OC1CCN(Cc2ccccc2)CC1. The standard InChI is InChI=1S/C27H30N2O2/c30-27(31-25-16-18-29(19-17-25)21-22-10-4-1-5-11-22)28-20-26(23-12-6-2-7-13-23)24-14-8-3-9-15-24/h1-15,25-26H,16-21H2,(H,28,30). The Morgan fingerprint density at radius 1 is 0.839 bits per heavy atom. The lowest BCUT2D eigenvalue weighted by Crippen LogP contribution is -2.39. The number of carbonyl (C=O) groups is 1. The number of alkyl carbamates (subject to hydrolysis) is 1. The van der Waals surface area contributed by atoms with Crippen molar-refractivity contribution in [1.29, 1.82) is 0 Å². The van der Waals surface area contributed by atoms with E-state index in [0.29, 0.717) is 6.54 Å². The summed E-state index contributed by atoms with van der Waals surface area (Å²) in [5, 5.41) is 3.00. The summed E-state index contributed by atoms with van der Waals surface area (Å²) in [7, 11) is 0. The van der Waals surface area contributed by atoms with Crippen molar-refractivity contribution in [2.24, 2.45) is 0 Å². The molecule has 1 amide bonds. The van der Waals surface area contributed by atoms with Gasteiger partial charge in [0.05, 0.1) is 0 Å². The van der Waals surface area contributed by atoms with Crippen LogP contribution in [0.4, 0.5) is 4.79 Å². The second-order valence-electron chi connectivity index (χ2n) is 8.12. The van der Waals surface area contributed by atoms with Crippen LogP contribution in [0.2, 0.25) is 0 Å². The fraction of sp³-hybridized carbons (Fsp3) is 0.296. The van der Waals surface area contributed by atoms with E-state index >= 15 is 0 Å². The lowest BCUT2D eigenvalue weighted by molar-refractivity contribution is 0.0487. The molecule has 0 aliphatic carbocycles. The van der Waals surface area contributed by atoms with Gasteiger partial charge in [-0.3, -0.25) is 4.90 Å². The maximum Gasteiger partial charge on any atom is 0.407 e. The van der Waals surface area contributed by atoms with Gasteiger partial charge in [-0.15, -0.1) is 0 Å². The van der Waals surface area contributed by atoms with E-state index in [2.05, 4.69) is 58.7 Å². The molecule has 0 saturated carbocycles. The van der Waals surface area contributed by atoms with Crippen molar-refractivity contribution in [3.05, 3.63) is 108 Å². The van der Waals surface area contributed by atoms with Crippen LogP contribution in [-0.4, -0.2) is 36.7 Å². The predicted molar refractivity (Wildman–Crippen MR) is 124 cm³/mol. The van der Waals surface area contributed by atoms with Gasteiger partial charge >= 0.3 is 6.09 Å². The molecular formula is C27H30N2O2. The minimum Gasteiger partial charge on any atom is -0.446 e. The van der Waals surface area contributed by atoms with Crippen molar-refractivity contribution in [1.82, 2.24) is 10.2 Å². The van der Waals surface area contributed by atoms with Crippen LogP contribution in [-0.2, 0) is 11.3 Å². The number of ether oxygens (including phenoxy) is 1. The van der Waals surface area contributed by atoms with Gasteiger partial charge in [0.15, 0.2) is 0 Å². The van der Waals surface area contributed by atoms with Gasteiger partial charge in [-0.25, -0.2) is 4.79 Å². The summed E-state index contributed by atoms with van der Waals surface area (Å²) in [5.74, 6) is 0.0997. The van der Waals surface area contributed by atoms with Gasteiger partial charge in [0, 0.05) is 32.1 Å². The molecule has 1 fully saturated rings. The van der Waals surface area contributed by atoms with E-state index in [1.165, 1.54) is 16.7 Å². The number of rotatable bonds is 7. The Morgan fingerprint density at radius 3 is 1.90 bits per heavy atom. The Balaban J connectivity index is 1.26. The van der Waals surface area contributed by atoms with Crippen molar-refractivity contribution >= 4 is 6.09 Å². The molecule has 4 nitrogen and oxygen atoms in total. The molecule has 4 rings (SSSR count). The zero-order chi connectivity index (χ0) is 21.3. The van der Waals surface area contributed by atoms with Crippen molar-refractivity contribution in [3.63, 3.8) is 0 Å². The van der Waals surface area contributed by atoms with Crippen LogP contribution in [0.5, 0.6) is 0 Å². The number of benzene rings is 3. The Labute approximate surface area is 184 Å². The third kappa shape index (κ3) is 6.19. The molecule has 0 radical (unpaired) electrons. The third-order valence-electron chi connectivity index (χ3n) is 5.91. The molecule has 0 unspecified atom stereocenters. The maximum atomic E-state index is 12.5. The van der Waals surface area contributed by atoms with Crippen molar-refractivity contribution in [2.45, 2.75) is 31.4 Å². The minimum absolute atomic E-state index is 0.0149. The first-order valence-corrected chi connectivity index (χ1v) is 11.1. The van der Waals surface area contributed by atoms with E-state index in [9.17, 15) is 4.79 Å². The molecule has 0 aromatic heterocycles. The molecule has 160 valence electrons. The van der Waals surface area contributed by atoms with Gasteiger partial charge in [0.2, 0.25) is 0 Å². The fourth-order valence-corrected chi connectivity index (χ4v) is 4.20. The number of amides is 1. The van der Waals surface area contributed by atoms with Gasteiger partial charge in [-0.2, -0.15) is 0 Å². The number of piperidine rings is 1.